The summed E-state index contributed by atoms with van der Waals surface area (Å²) in [6, 6.07) is 3.97. The predicted molar refractivity (Wildman–Crippen MR) is 78.0 cm³/mol. The number of anilines is 2. The average Bonchev–Trinajstić information content (AvgIpc) is 2.38. The highest BCUT2D eigenvalue weighted by atomic mass is 32.2. The fraction of sp³-hybridized carbons (Fsp3) is 0.417. The van der Waals surface area contributed by atoms with Crippen LogP contribution in [0.5, 0.6) is 0 Å². The summed E-state index contributed by atoms with van der Waals surface area (Å²) >= 11 is 0. The lowest BCUT2D eigenvalue weighted by Gasteiger charge is -2.24. The molecule has 0 spiro atoms. The minimum Gasteiger partial charge on any atom is -0.478 e. The zero-order valence-corrected chi connectivity index (χ0v) is 12.3. The van der Waals surface area contributed by atoms with E-state index in [1.54, 1.807) is 6.92 Å². The Labute approximate surface area is 118 Å². The third-order valence-corrected chi connectivity index (χ3v) is 4.26. The van der Waals surface area contributed by atoms with Crippen LogP contribution in [-0.2, 0) is 10.2 Å². The molecule has 1 aromatic carbocycles. The number of nitrogens with zero attached hydrogens (tertiary/aromatic N) is 1. The van der Waals surface area contributed by atoms with E-state index in [-0.39, 0.29) is 23.5 Å². The van der Waals surface area contributed by atoms with Gasteiger partial charge in [-0.25, -0.2) is 4.79 Å². The summed E-state index contributed by atoms with van der Waals surface area (Å²) in [5.41, 5.74) is 6.15. The van der Waals surface area contributed by atoms with Crippen molar-refractivity contribution in [2.45, 2.75) is 20.3 Å². The number of rotatable bonds is 7. The van der Waals surface area contributed by atoms with Crippen LogP contribution in [0.25, 0.3) is 0 Å². The summed E-state index contributed by atoms with van der Waals surface area (Å²) in [7, 11) is -3.69. The van der Waals surface area contributed by atoms with E-state index in [0.717, 1.165) is 4.31 Å². The number of carboxylic acid groups (broad SMARTS) is 1. The van der Waals surface area contributed by atoms with Crippen LogP contribution in [0.4, 0.5) is 11.4 Å². The minimum absolute atomic E-state index is 0.0150. The van der Waals surface area contributed by atoms with Crippen LogP contribution in [0, 0.1) is 0 Å². The first kappa shape index (κ1) is 16.3. The number of aromatic carboxylic acids is 1. The van der Waals surface area contributed by atoms with Gasteiger partial charge in [0.15, 0.2) is 0 Å². The van der Waals surface area contributed by atoms with Crippen LogP contribution >= 0.6 is 0 Å². The third-order valence-electron chi connectivity index (χ3n) is 2.65. The molecule has 0 atom stereocenters. The van der Waals surface area contributed by atoms with E-state index in [9.17, 15) is 13.2 Å². The zero-order chi connectivity index (χ0) is 15.3. The van der Waals surface area contributed by atoms with E-state index in [2.05, 4.69) is 4.72 Å². The molecule has 0 saturated heterocycles. The molecule has 0 aliphatic carbocycles. The number of carbonyl (C=O) groups is 1. The lowest BCUT2D eigenvalue weighted by Crippen LogP contribution is -2.41. The van der Waals surface area contributed by atoms with Crippen LogP contribution in [0.1, 0.15) is 30.6 Å². The van der Waals surface area contributed by atoms with Crippen molar-refractivity contribution in [1.29, 1.82) is 0 Å². The Hall–Kier alpha value is -1.80. The first-order chi connectivity index (χ1) is 9.33. The summed E-state index contributed by atoms with van der Waals surface area (Å²) in [6.45, 7) is 4.05. The molecular formula is C12H19N3O4S. The van der Waals surface area contributed by atoms with E-state index in [0.29, 0.717) is 13.0 Å². The van der Waals surface area contributed by atoms with Crippen molar-refractivity contribution in [3.8, 4) is 0 Å². The standard InChI is InChI=1S/C12H19N3O4S/c1-3-7-14-20(18,19)15(4-2)11-6-5-9(12(16)17)8-10(11)13/h5-6,8,14H,3-4,7,13H2,1-2H3,(H,16,17). The van der Waals surface area contributed by atoms with Gasteiger partial charge >= 0.3 is 16.2 Å². The lowest BCUT2D eigenvalue weighted by molar-refractivity contribution is 0.0697. The second-order valence-electron chi connectivity index (χ2n) is 4.14. The van der Waals surface area contributed by atoms with Crippen LogP contribution in [0.3, 0.4) is 0 Å². The van der Waals surface area contributed by atoms with Gasteiger partial charge in [0.05, 0.1) is 16.9 Å². The number of carboxylic acids is 1. The lowest BCUT2D eigenvalue weighted by atomic mass is 10.2. The average molecular weight is 301 g/mol. The van der Waals surface area contributed by atoms with Gasteiger partial charge in [-0.15, -0.1) is 0 Å². The maximum atomic E-state index is 12.1. The van der Waals surface area contributed by atoms with Gasteiger partial charge in [0.2, 0.25) is 0 Å². The first-order valence-electron chi connectivity index (χ1n) is 6.23. The smallest absolute Gasteiger partial charge is 0.335 e. The second-order valence-corrected chi connectivity index (χ2v) is 5.82. The van der Waals surface area contributed by atoms with Gasteiger partial charge in [0.1, 0.15) is 0 Å². The van der Waals surface area contributed by atoms with E-state index in [1.165, 1.54) is 18.2 Å². The quantitative estimate of drug-likeness (QED) is 0.651. The van der Waals surface area contributed by atoms with Crippen LogP contribution in [0.2, 0.25) is 0 Å². The minimum atomic E-state index is -3.69. The van der Waals surface area contributed by atoms with Crippen molar-refractivity contribution in [3.05, 3.63) is 23.8 Å². The molecule has 112 valence electrons. The fourth-order valence-electron chi connectivity index (χ4n) is 1.69. The van der Waals surface area contributed by atoms with E-state index in [4.69, 9.17) is 10.8 Å². The molecule has 0 aliphatic heterocycles. The molecule has 0 saturated carbocycles. The van der Waals surface area contributed by atoms with E-state index < -0.39 is 16.2 Å². The Balaban J connectivity index is 3.16. The van der Waals surface area contributed by atoms with Crippen molar-refractivity contribution in [1.82, 2.24) is 4.72 Å². The maximum Gasteiger partial charge on any atom is 0.335 e. The molecule has 0 amide bonds. The van der Waals surface area contributed by atoms with E-state index >= 15 is 0 Å². The van der Waals surface area contributed by atoms with Crippen molar-refractivity contribution in [2.75, 3.05) is 23.1 Å². The fourth-order valence-corrected chi connectivity index (χ4v) is 3.08. The Kier molecular flexibility index (Phi) is 5.34. The van der Waals surface area contributed by atoms with Crippen molar-refractivity contribution >= 4 is 27.6 Å². The Morgan fingerprint density at radius 2 is 2.05 bits per heavy atom. The predicted octanol–water partition coefficient (Wildman–Crippen LogP) is 1.04. The molecule has 8 heteroatoms. The first-order valence-corrected chi connectivity index (χ1v) is 7.67. The Morgan fingerprint density at radius 3 is 2.50 bits per heavy atom. The number of hydrogen-bond acceptors (Lipinski definition) is 4. The van der Waals surface area contributed by atoms with E-state index in [1.807, 2.05) is 6.92 Å². The molecule has 0 aliphatic rings. The molecule has 1 rings (SSSR count). The van der Waals surface area contributed by atoms with Gasteiger partial charge in [0, 0.05) is 13.1 Å². The molecule has 0 unspecified atom stereocenters. The van der Waals surface area contributed by atoms with Gasteiger partial charge in [-0.3, -0.25) is 4.31 Å². The molecule has 0 fully saturated rings. The molecule has 0 heterocycles. The van der Waals surface area contributed by atoms with Gasteiger partial charge in [-0.1, -0.05) is 6.92 Å². The van der Waals surface area contributed by atoms with Gasteiger partial charge in [-0.2, -0.15) is 13.1 Å². The summed E-state index contributed by atoms with van der Waals surface area (Å²) < 4.78 is 27.8. The molecule has 1 aromatic rings. The third kappa shape index (κ3) is 3.61. The van der Waals surface area contributed by atoms with Crippen molar-refractivity contribution < 1.29 is 18.3 Å². The molecule has 7 nitrogen and oxygen atoms in total. The largest absolute Gasteiger partial charge is 0.478 e. The second kappa shape index (κ2) is 6.58. The van der Waals surface area contributed by atoms with Crippen LogP contribution in [-0.4, -0.2) is 32.6 Å². The zero-order valence-electron chi connectivity index (χ0n) is 11.5. The summed E-state index contributed by atoms with van der Waals surface area (Å²) in [4.78, 5) is 10.8. The highest BCUT2D eigenvalue weighted by molar-refractivity contribution is 7.90. The Morgan fingerprint density at radius 1 is 1.40 bits per heavy atom. The number of nitrogens with one attached hydrogen (secondary N) is 1. The molecule has 0 bridgehead atoms. The van der Waals surface area contributed by atoms with Crippen molar-refractivity contribution in [3.63, 3.8) is 0 Å². The number of benzene rings is 1. The van der Waals surface area contributed by atoms with Gasteiger partial charge in [-0.05, 0) is 31.5 Å². The maximum absolute atomic E-state index is 12.1. The topological polar surface area (TPSA) is 113 Å². The SMILES string of the molecule is CCCNS(=O)(=O)N(CC)c1ccc(C(=O)O)cc1N. The molecule has 4 N–H and O–H groups in total. The highest BCUT2D eigenvalue weighted by Crippen LogP contribution is 2.26. The van der Waals surface area contributed by atoms with Gasteiger partial charge in [0.25, 0.3) is 0 Å². The number of nitrogen functional groups attached to an aromatic ring is 1. The summed E-state index contributed by atoms with van der Waals surface area (Å²) in [5.74, 6) is -1.11. The van der Waals surface area contributed by atoms with Crippen molar-refractivity contribution in [2.24, 2.45) is 0 Å². The Bertz CT molecular complexity index is 586. The normalized spacial score (nSPS) is 11.3. The van der Waals surface area contributed by atoms with Crippen LogP contribution < -0.4 is 14.8 Å². The monoisotopic (exact) mass is 301 g/mol. The highest BCUT2D eigenvalue weighted by Gasteiger charge is 2.22. The summed E-state index contributed by atoms with van der Waals surface area (Å²) in [6.07, 6.45) is 0.671. The number of hydrogen-bond donors (Lipinski definition) is 3. The molecule has 0 radical (unpaired) electrons. The molecule has 0 aromatic heterocycles. The van der Waals surface area contributed by atoms with Crippen LogP contribution in [0.15, 0.2) is 18.2 Å². The number of nitrogens with two attached hydrogens (primary N) is 1. The molecular weight excluding hydrogens is 282 g/mol. The van der Waals surface area contributed by atoms with Gasteiger partial charge < -0.3 is 10.8 Å². The molecule has 20 heavy (non-hydrogen) atoms. The summed E-state index contributed by atoms with van der Waals surface area (Å²) in [5, 5.41) is 8.87.